The lowest BCUT2D eigenvalue weighted by molar-refractivity contribution is 0.356. The average molecular weight is 179 g/mol. The number of likely N-dealkylation sites (N-methyl/N-ethyl adjacent to an activating group) is 1. The van der Waals surface area contributed by atoms with Gasteiger partial charge in [-0.25, -0.2) is 0 Å². The highest BCUT2D eigenvalue weighted by Crippen LogP contribution is 2.02. The highest BCUT2D eigenvalue weighted by molar-refractivity contribution is 5.34. The summed E-state index contributed by atoms with van der Waals surface area (Å²) in [5.41, 5.74) is 7.37. The minimum atomic E-state index is 0.729. The van der Waals surface area contributed by atoms with E-state index in [1.165, 1.54) is 0 Å². The van der Waals surface area contributed by atoms with Crippen LogP contribution >= 0.6 is 0 Å². The van der Waals surface area contributed by atoms with Gasteiger partial charge >= 0.3 is 0 Å². The van der Waals surface area contributed by atoms with Gasteiger partial charge in [0.2, 0.25) is 0 Å². The van der Waals surface area contributed by atoms with E-state index < -0.39 is 0 Å². The maximum absolute atomic E-state index is 5.54. The summed E-state index contributed by atoms with van der Waals surface area (Å²) in [5, 5.41) is 0. The molecule has 0 saturated carbocycles. The van der Waals surface area contributed by atoms with Crippen LogP contribution in [0.3, 0.4) is 0 Å². The van der Waals surface area contributed by atoms with Crippen molar-refractivity contribution >= 4 is 5.69 Å². The standard InChI is InChI=1S/C10H17N3/c1-3-13(2)7-6-10-5-4-9(11)8-12-10/h4-5,8H,3,6-7,11H2,1-2H3. The predicted octanol–water partition coefficient (Wildman–Crippen LogP) is 1.16. The molecule has 0 aromatic carbocycles. The Labute approximate surface area is 79.6 Å². The predicted molar refractivity (Wildman–Crippen MR) is 55.5 cm³/mol. The topological polar surface area (TPSA) is 42.1 Å². The van der Waals surface area contributed by atoms with Crippen LogP contribution in [0.1, 0.15) is 12.6 Å². The number of aromatic nitrogens is 1. The third-order valence-corrected chi connectivity index (χ3v) is 2.14. The summed E-state index contributed by atoms with van der Waals surface area (Å²) in [6.07, 6.45) is 2.70. The first-order chi connectivity index (χ1) is 6.22. The number of nitrogens with two attached hydrogens (primary N) is 1. The highest BCUT2D eigenvalue weighted by atomic mass is 15.1. The molecule has 72 valence electrons. The van der Waals surface area contributed by atoms with Crippen molar-refractivity contribution in [3.8, 4) is 0 Å². The second-order valence-corrected chi connectivity index (χ2v) is 3.23. The summed E-state index contributed by atoms with van der Waals surface area (Å²) in [7, 11) is 2.11. The molecular weight excluding hydrogens is 162 g/mol. The summed E-state index contributed by atoms with van der Waals surface area (Å²) in [4.78, 5) is 6.49. The maximum atomic E-state index is 5.54. The summed E-state index contributed by atoms with van der Waals surface area (Å²) in [6, 6.07) is 3.88. The molecule has 3 nitrogen and oxygen atoms in total. The number of anilines is 1. The minimum absolute atomic E-state index is 0.729. The van der Waals surface area contributed by atoms with Gasteiger partial charge in [0.25, 0.3) is 0 Å². The van der Waals surface area contributed by atoms with Crippen LogP contribution in [0.2, 0.25) is 0 Å². The van der Waals surface area contributed by atoms with Gasteiger partial charge in [0, 0.05) is 18.7 Å². The lowest BCUT2D eigenvalue weighted by atomic mass is 10.2. The third kappa shape index (κ3) is 3.42. The monoisotopic (exact) mass is 179 g/mol. The zero-order valence-electron chi connectivity index (χ0n) is 8.33. The van der Waals surface area contributed by atoms with Gasteiger partial charge in [0.1, 0.15) is 0 Å². The van der Waals surface area contributed by atoms with E-state index in [0.717, 1.165) is 30.9 Å². The first-order valence-corrected chi connectivity index (χ1v) is 4.61. The van der Waals surface area contributed by atoms with Gasteiger partial charge in [-0.15, -0.1) is 0 Å². The van der Waals surface area contributed by atoms with Crippen molar-refractivity contribution in [2.45, 2.75) is 13.3 Å². The van der Waals surface area contributed by atoms with Gasteiger partial charge in [-0.3, -0.25) is 4.98 Å². The van der Waals surface area contributed by atoms with Gasteiger partial charge in [-0.05, 0) is 25.7 Å². The molecule has 0 aliphatic carbocycles. The first kappa shape index (κ1) is 9.99. The molecule has 1 aromatic heterocycles. The number of pyridine rings is 1. The van der Waals surface area contributed by atoms with Gasteiger partial charge in [-0.1, -0.05) is 6.92 Å². The summed E-state index contributed by atoms with van der Waals surface area (Å²) in [5.74, 6) is 0. The Morgan fingerprint density at radius 3 is 2.77 bits per heavy atom. The van der Waals surface area contributed by atoms with E-state index in [1.54, 1.807) is 6.20 Å². The first-order valence-electron chi connectivity index (χ1n) is 4.61. The molecule has 0 radical (unpaired) electrons. The van der Waals surface area contributed by atoms with Crippen molar-refractivity contribution in [2.24, 2.45) is 0 Å². The largest absolute Gasteiger partial charge is 0.397 e. The van der Waals surface area contributed by atoms with Crippen LogP contribution in [-0.4, -0.2) is 30.0 Å². The van der Waals surface area contributed by atoms with E-state index >= 15 is 0 Å². The molecule has 1 rings (SSSR count). The van der Waals surface area contributed by atoms with Crippen LogP contribution < -0.4 is 5.73 Å². The van der Waals surface area contributed by atoms with Crippen LogP contribution in [-0.2, 0) is 6.42 Å². The summed E-state index contributed by atoms with van der Waals surface area (Å²) < 4.78 is 0. The van der Waals surface area contributed by atoms with Crippen LogP contribution in [0.5, 0.6) is 0 Å². The van der Waals surface area contributed by atoms with Crippen LogP contribution in [0.15, 0.2) is 18.3 Å². The lowest BCUT2D eigenvalue weighted by Crippen LogP contribution is -2.20. The smallest absolute Gasteiger partial charge is 0.0501 e. The van der Waals surface area contributed by atoms with Crippen LogP contribution in [0.4, 0.5) is 5.69 Å². The number of nitrogen functional groups attached to an aromatic ring is 1. The maximum Gasteiger partial charge on any atom is 0.0501 e. The molecule has 0 aliphatic rings. The van der Waals surface area contributed by atoms with E-state index in [4.69, 9.17) is 5.73 Å². The van der Waals surface area contributed by atoms with Gasteiger partial charge < -0.3 is 10.6 Å². The summed E-state index contributed by atoms with van der Waals surface area (Å²) >= 11 is 0. The quantitative estimate of drug-likeness (QED) is 0.754. The van der Waals surface area contributed by atoms with E-state index in [1.807, 2.05) is 12.1 Å². The Morgan fingerprint density at radius 2 is 2.23 bits per heavy atom. The Balaban J connectivity index is 2.41. The van der Waals surface area contributed by atoms with Crippen molar-refractivity contribution in [3.63, 3.8) is 0 Å². The Morgan fingerprint density at radius 1 is 1.46 bits per heavy atom. The van der Waals surface area contributed by atoms with Gasteiger partial charge in [-0.2, -0.15) is 0 Å². The molecule has 0 spiro atoms. The Kier molecular flexibility index (Phi) is 3.71. The van der Waals surface area contributed by atoms with Crippen molar-refractivity contribution in [1.82, 2.24) is 9.88 Å². The SMILES string of the molecule is CCN(C)CCc1ccc(N)cn1. The normalized spacial score (nSPS) is 10.7. The van der Waals surface area contributed by atoms with E-state index in [2.05, 4.69) is 23.9 Å². The second kappa shape index (κ2) is 4.82. The average Bonchev–Trinajstić information content (AvgIpc) is 2.16. The van der Waals surface area contributed by atoms with E-state index in [9.17, 15) is 0 Å². The van der Waals surface area contributed by atoms with Crippen molar-refractivity contribution < 1.29 is 0 Å². The van der Waals surface area contributed by atoms with Crippen molar-refractivity contribution in [1.29, 1.82) is 0 Å². The molecule has 1 heterocycles. The molecule has 13 heavy (non-hydrogen) atoms. The van der Waals surface area contributed by atoms with Crippen LogP contribution in [0.25, 0.3) is 0 Å². The summed E-state index contributed by atoms with van der Waals surface area (Å²) in [6.45, 7) is 4.28. The molecule has 0 atom stereocenters. The van der Waals surface area contributed by atoms with Gasteiger partial charge in [0.15, 0.2) is 0 Å². The Hall–Kier alpha value is -1.09. The zero-order chi connectivity index (χ0) is 9.68. The fourth-order valence-corrected chi connectivity index (χ4v) is 1.05. The number of hydrogen-bond acceptors (Lipinski definition) is 3. The molecule has 2 N–H and O–H groups in total. The van der Waals surface area contributed by atoms with Gasteiger partial charge in [0.05, 0.1) is 11.9 Å². The molecule has 0 unspecified atom stereocenters. The fourth-order valence-electron chi connectivity index (χ4n) is 1.05. The minimum Gasteiger partial charge on any atom is -0.397 e. The zero-order valence-corrected chi connectivity index (χ0v) is 8.33. The van der Waals surface area contributed by atoms with Crippen molar-refractivity contribution in [3.05, 3.63) is 24.0 Å². The molecule has 0 fully saturated rings. The molecule has 1 aromatic rings. The molecule has 0 amide bonds. The van der Waals surface area contributed by atoms with E-state index in [0.29, 0.717) is 0 Å². The van der Waals surface area contributed by atoms with Crippen molar-refractivity contribution in [2.75, 3.05) is 25.9 Å². The van der Waals surface area contributed by atoms with Crippen LogP contribution in [0, 0.1) is 0 Å². The fraction of sp³-hybridized carbons (Fsp3) is 0.500. The molecule has 3 heteroatoms. The number of hydrogen-bond donors (Lipinski definition) is 1. The molecule has 0 aliphatic heterocycles. The number of nitrogens with zero attached hydrogens (tertiary/aromatic N) is 2. The third-order valence-electron chi connectivity index (χ3n) is 2.14. The lowest BCUT2D eigenvalue weighted by Gasteiger charge is -2.12. The highest BCUT2D eigenvalue weighted by Gasteiger charge is 1.97. The molecule has 0 bridgehead atoms. The Bertz CT molecular complexity index is 243. The van der Waals surface area contributed by atoms with E-state index in [-0.39, 0.29) is 0 Å². The molecule has 0 saturated heterocycles. The molecular formula is C10H17N3. The number of rotatable bonds is 4. The second-order valence-electron chi connectivity index (χ2n) is 3.23.